The van der Waals surface area contributed by atoms with Crippen molar-refractivity contribution in [3.05, 3.63) is 35.6 Å². The van der Waals surface area contributed by atoms with E-state index in [1.165, 1.54) is 28.6 Å². The third-order valence-corrected chi connectivity index (χ3v) is 6.24. The first kappa shape index (κ1) is 23.2. The number of morpholine rings is 1. The van der Waals surface area contributed by atoms with Gasteiger partial charge in [0.2, 0.25) is 15.9 Å². The van der Waals surface area contributed by atoms with Crippen LogP contribution in [-0.4, -0.2) is 68.7 Å². The zero-order valence-electron chi connectivity index (χ0n) is 16.7. The number of nitrogens with one attached hydrogen (secondary N) is 2. The number of amides is 2. The van der Waals surface area contributed by atoms with Gasteiger partial charge in [0.25, 0.3) is 5.91 Å². The molecule has 162 valence electrons. The van der Waals surface area contributed by atoms with Gasteiger partial charge in [-0.2, -0.15) is 4.31 Å². The van der Waals surface area contributed by atoms with E-state index in [0.717, 1.165) is 0 Å². The number of rotatable bonds is 9. The molecule has 2 atom stereocenters. The number of nitrogens with zero attached hydrogens (tertiary/aromatic N) is 1. The van der Waals surface area contributed by atoms with E-state index in [1.54, 1.807) is 0 Å². The van der Waals surface area contributed by atoms with E-state index in [9.17, 15) is 22.4 Å². The molecule has 1 aromatic rings. The number of ether oxygens (including phenoxy) is 1. The van der Waals surface area contributed by atoms with E-state index in [2.05, 4.69) is 10.6 Å². The molecule has 0 radical (unpaired) electrons. The number of carbonyl (C=O) groups is 2. The highest BCUT2D eigenvalue weighted by Crippen LogP contribution is 2.14. The maximum Gasteiger partial charge on any atom is 0.251 e. The zero-order chi connectivity index (χ0) is 21.4. The van der Waals surface area contributed by atoms with Crippen LogP contribution in [0.4, 0.5) is 4.39 Å². The highest BCUT2D eigenvalue weighted by atomic mass is 32.2. The van der Waals surface area contributed by atoms with Gasteiger partial charge in [-0.25, -0.2) is 12.8 Å². The van der Waals surface area contributed by atoms with Crippen molar-refractivity contribution >= 4 is 21.8 Å². The molecule has 2 rings (SSSR count). The van der Waals surface area contributed by atoms with Crippen LogP contribution in [0.1, 0.15) is 37.0 Å². The standard InChI is InChI=1S/C19H28FN3O5S/c1-14-12-23(13-15(2)28-14)29(26,27)11-10-21-18(24)4-3-9-22-19(25)16-5-7-17(20)8-6-16/h5-8,14-15H,3-4,9-13H2,1-2H3,(H,21,24)(H,22,25). The molecular formula is C19H28FN3O5S. The first-order valence-electron chi connectivity index (χ1n) is 9.61. The fourth-order valence-electron chi connectivity index (χ4n) is 3.05. The van der Waals surface area contributed by atoms with Crippen LogP contribution < -0.4 is 10.6 Å². The summed E-state index contributed by atoms with van der Waals surface area (Å²) >= 11 is 0. The van der Waals surface area contributed by atoms with Gasteiger partial charge in [0, 0.05) is 38.2 Å². The van der Waals surface area contributed by atoms with Crippen molar-refractivity contribution in [3.8, 4) is 0 Å². The second-order valence-electron chi connectivity index (χ2n) is 7.11. The first-order chi connectivity index (χ1) is 13.7. The summed E-state index contributed by atoms with van der Waals surface area (Å²) < 4.78 is 44.6. The van der Waals surface area contributed by atoms with Gasteiger partial charge in [0.1, 0.15) is 5.82 Å². The summed E-state index contributed by atoms with van der Waals surface area (Å²) in [6.07, 6.45) is 0.251. The average molecular weight is 430 g/mol. The smallest absolute Gasteiger partial charge is 0.251 e. The van der Waals surface area contributed by atoms with Gasteiger partial charge in [0.15, 0.2) is 0 Å². The monoisotopic (exact) mass is 429 g/mol. The van der Waals surface area contributed by atoms with E-state index >= 15 is 0 Å². The Labute approximate surface area is 170 Å². The fraction of sp³-hybridized carbons (Fsp3) is 0.579. The van der Waals surface area contributed by atoms with Crippen molar-refractivity contribution in [1.82, 2.24) is 14.9 Å². The second kappa shape index (κ2) is 10.7. The molecule has 0 aromatic heterocycles. The lowest BCUT2D eigenvalue weighted by Crippen LogP contribution is -2.49. The molecule has 1 aromatic carbocycles. The van der Waals surface area contributed by atoms with Crippen molar-refractivity contribution < 1.29 is 27.1 Å². The van der Waals surface area contributed by atoms with Crippen molar-refractivity contribution in [2.45, 2.75) is 38.9 Å². The Balaban J connectivity index is 1.63. The van der Waals surface area contributed by atoms with Crippen LogP contribution in [0.5, 0.6) is 0 Å². The quantitative estimate of drug-likeness (QED) is 0.568. The number of sulfonamides is 1. The van der Waals surface area contributed by atoms with Gasteiger partial charge < -0.3 is 15.4 Å². The molecule has 1 aliphatic rings. The predicted octanol–water partition coefficient (Wildman–Crippen LogP) is 0.891. The lowest BCUT2D eigenvalue weighted by atomic mass is 10.2. The molecule has 29 heavy (non-hydrogen) atoms. The van der Waals surface area contributed by atoms with Crippen LogP contribution in [0, 0.1) is 5.82 Å². The highest BCUT2D eigenvalue weighted by Gasteiger charge is 2.30. The summed E-state index contributed by atoms with van der Waals surface area (Å²) in [4.78, 5) is 23.7. The van der Waals surface area contributed by atoms with Crippen LogP contribution >= 0.6 is 0 Å². The van der Waals surface area contributed by atoms with E-state index in [4.69, 9.17) is 4.74 Å². The van der Waals surface area contributed by atoms with E-state index < -0.39 is 15.8 Å². The number of benzene rings is 1. The molecule has 0 aliphatic carbocycles. The van der Waals surface area contributed by atoms with Gasteiger partial charge in [-0.05, 0) is 44.5 Å². The molecule has 0 bridgehead atoms. The van der Waals surface area contributed by atoms with Crippen molar-refractivity contribution in [1.29, 1.82) is 0 Å². The predicted molar refractivity (Wildman–Crippen MR) is 106 cm³/mol. The van der Waals surface area contributed by atoms with Crippen LogP contribution in [0.3, 0.4) is 0 Å². The van der Waals surface area contributed by atoms with Crippen molar-refractivity contribution in [2.75, 3.05) is 31.9 Å². The molecule has 0 saturated carbocycles. The third-order valence-electron chi connectivity index (χ3n) is 4.43. The van der Waals surface area contributed by atoms with Crippen molar-refractivity contribution in [2.24, 2.45) is 0 Å². The molecule has 8 nitrogen and oxygen atoms in total. The summed E-state index contributed by atoms with van der Waals surface area (Å²) in [5.41, 5.74) is 0.341. The SMILES string of the molecule is CC1CN(S(=O)(=O)CCNC(=O)CCCNC(=O)c2ccc(F)cc2)CC(C)O1. The molecule has 1 fully saturated rings. The largest absolute Gasteiger partial charge is 0.373 e. The molecule has 1 heterocycles. The Morgan fingerprint density at radius 2 is 1.72 bits per heavy atom. The first-order valence-corrected chi connectivity index (χ1v) is 11.2. The Kier molecular flexibility index (Phi) is 8.54. The van der Waals surface area contributed by atoms with Gasteiger partial charge in [-0.1, -0.05) is 0 Å². The van der Waals surface area contributed by atoms with E-state index in [-0.39, 0.29) is 49.3 Å². The Morgan fingerprint density at radius 3 is 2.34 bits per heavy atom. The minimum absolute atomic E-state index is 0.0310. The maximum absolute atomic E-state index is 12.8. The van der Waals surface area contributed by atoms with Crippen LogP contribution in [-0.2, 0) is 19.6 Å². The van der Waals surface area contributed by atoms with E-state index in [0.29, 0.717) is 25.1 Å². The van der Waals surface area contributed by atoms with Crippen molar-refractivity contribution in [3.63, 3.8) is 0 Å². The summed E-state index contributed by atoms with van der Waals surface area (Å²) in [5.74, 6) is -1.21. The Bertz CT molecular complexity index is 791. The minimum atomic E-state index is -3.46. The molecule has 2 unspecified atom stereocenters. The number of carbonyl (C=O) groups excluding carboxylic acids is 2. The lowest BCUT2D eigenvalue weighted by Gasteiger charge is -2.34. The van der Waals surface area contributed by atoms with Gasteiger partial charge in [0.05, 0.1) is 18.0 Å². The Morgan fingerprint density at radius 1 is 1.10 bits per heavy atom. The second-order valence-corrected chi connectivity index (χ2v) is 9.20. The third kappa shape index (κ3) is 7.71. The summed E-state index contributed by atoms with van der Waals surface area (Å²) in [6.45, 7) is 4.60. The van der Waals surface area contributed by atoms with Crippen LogP contribution in [0.15, 0.2) is 24.3 Å². The number of hydrogen-bond acceptors (Lipinski definition) is 5. The normalized spacial score (nSPS) is 20.2. The van der Waals surface area contributed by atoms with Gasteiger partial charge >= 0.3 is 0 Å². The minimum Gasteiger partial charge on any atom is -0.373 e. The molecular weight excluding hydrogens is 401 g/mol. The van der Waals surface area contributed by atoms with Crippen LogP contribution in [0.2, 0.25) is 0 Å². The van der Waals surface area contributed by atoms with E-state index in [1.807, 2.05) is 13.8 Å². The molecule has 10 heteroatoms. The molecule has 0 spiro atoms. The summed E-state index contributed by atoms with van der Waals surface area (Å²) in [7, 11) is -3.46. The maximum atomic E-state index is 12.8. The van der Waals surface area contributed by atoms with Gasteiger partial charge in [-0.3, -0.25) is 9.59 Å². The molecule has 2 amide bonds. The number of hydrogen-bond donors (Lipinski definition) is 2. The number of halogens is 1. The average Bonchev–Trinajstić information content (AvgIpc) is 2.64. The topological polar surface area (TPSA) is 105 Å². The molecule has 1 aliphatic heterocycles. The molecule has 2 N–H and O–H groups in total. The fourth-order valence-corrected chi connectivity index (χ4v) is 4.54. The molecule has 1 saturated heterocycles. The lowest BCUT2D eigenvalue weighted by molar-refractivity contribution is -0.121. The summed E-state index contributed by atoms with van der Waals surface area (Å²) in [6, 6.07) is 5.17. The van der Waals surface area contributed by atoms with Crippen LogP contribution in [0.25, 0.3) is 0 Å². The van der Waals surface area contributed by atoms with Gasteiger partial charge in [-0.15, -0.1) is 0 Å². The highest BCUT2D eigenvalue weighted by molar-refractivity contribution is 7.89. The zero-order valence-corrected chi connectivity index (χ0v) is 17.5. The summed E-state index contributed by atoms with van der Waals surface area (Å²) in [5, 5.41) is 5.25. The Hall–Kier alpha value is -2.04.